The van der Waals surface area contributed by atoms with Gasteiger partial charge in [-0.3, -0.25) is 0 Å². The van der Waals surface area contributed by atoms with Crippen molar-refractivity contribution in [2.45, 2.75) is 6.92 Å². The van der Waals surface area contributed by atoms with Gasteiger partial charge in [0.25, 0.3) is 0 Å². The molecule has 0 spiro atoms. The summed E-state index contributed by atoms with van der Waals surface area (Å²) in [6, 6.07) is 5.52. The van der Waals surface area contributed by atoms with Gasteiger partial charge in [-0.15, -0.1) is 0 Å². The van der Waals surface area contributed by atoms with Crippen molar-refractivity contribution >= 4 is 34.8 Å². The predicted octanol–water partition coefficient (Wildman–Crippen LogP) is 2.18. The Bertz CT molecular complexity index is 545. The number of aromatic nitrogens is 2. The van der Waals surface area contributed by atoms with Crippen LogP contribution in [0, 0.1) is 0 Å². The average Bonchev–Trinajstić information content (AvgIpc) is 2.66. The Morgan fingerprint density at radius 2 is 2.27 bits per heavy atom. The summed E-state index contributed by atoms with van der Waals surface area (Å²) in [6.07, 6.45) is 1.60. The van der Waals surface area contributed by atoms with Gasteiger partial charge < -0.3 is 5.11 Å². The molecule has 0 amide bonds. The molecule has 1 aromatic heterocycles. The normalized spacial score (nSPS) is 11.9. The first kappa shape index (κ1) is 9.79. The lowest BCUT2D eigenvalue weighted by Gasteiger charge is -1.96. The second-order valence-corrected chi connectivity index (χ2v) is 3.64. The van der Waals surface area contributed by atoms with E-state index in [4.69, 9.17) is 5.11 Å². The second-order valence-electron chi connectivity index (χ2n) is 3.11. The largest absolute Gasteiger partial charge is 0.478 e. The number of aliphatic carboxylic acids is 1. The van der Waals surface area contributed by atoms with Gasteiger partial charge in [-0.05, 0) is 19.1 Å². The molecular weight excluding hydrogens is 212 g/mol. The van der Waals surface area contributed by atoms with Gasteiger partial charge in [-0.1, -0.05) is 12.1 Å². The molecule has 0 saturated heterocycles. The highest BCUT2D eigenvalue weighted by molar-refractivity contribution is 7.00. The van der Waals surface area contributed by atoms with Crippen molar-refractivity contribution in [3.63, 3.8) is 0 Å². The highest BCUT2D eigenvalue weighted by Gasteiger charge is 2.05. The van der Waals surface area contributed by atoms with E-state index in [0.29, 0.717) is 0 Å². The Labute approximate surface area is 90.2 Å². The zero-order valence-electron chi connectivity index (χ0n) is 7.97. The molecule has 0 aliphatic rings. The molecule has 0 atom stereocenters. The first-order chi connectivity index (χ1) is 7.18. The van der Waals surface area contributed by atoms with Gasteiger partial charge in [0.15, 0.2) is 0 Å². The van der Waals surface area contributed by atoms with E-state index in [-0.39, 0.29) is 5.57 Å². The highest BCUT2D eigenvalue weighted by Crippen LogP contribution is 2.18. The van der Waals surface area contributed by atoms with E-state index in [0.717, 1.165) is 28.3 Å². The van der Waals surface area contributed by atoms with E-state index in [2.05, 4.69) is 8.75 Å². The van der Waals surface area contributed by atoms with Crippen LogP contribution in [0.15, 0.2) is 23.8 Å². The lowest BCUT2D eigenvalue weighted by molar-refractivity contribution is -0.132. The van der Waals surface area contributed by atoms with Gasteiger partial charge in [0.2, 0.25) is 0 Å². The molecule has 0 saturated carbocycles. The number of carbonyl (C=O) groups is 1. The number of rotatable bonds is 2. The van der Waals surface area contributed by atoms with Crippen molar-refractivity contribution in [3.8, 4) is 0 Å². The standard InChI is InChI=1S/C10H8N2O2S/c1-6(10(13)14)5-7-3-2-4-8-9(7)12-15-11-8/h2-5H,1H3,(H,13,14)/b6-5+. The molecule has 2 aromatic rings. The summed E-state index contributed by atoms with van der Waals surface area (Å²) in [6.45, 7) is 1.56. The maximum atomic E-state index is 10.7. The topological polar surface area (TPSA) is 63.1 Å². The second kappa shape index (κ2) is 3.78. The van der Waals surface area contributed by atoms with Gasteiger partial charge in [0.05, 0.1) is 11.7 Å². The molecule has 76 valence electrons. The molecule has 4 nitrogen and oxygen atoms in total. The van der Waals surface area contributed by atoms with E-state index < -0.39 is 5.97 Å². The highest BCUT2D eigenvalue weighted by atomic mass is 32.1. The Kier molecular flexibility index (Phi) is 2.47. The predicted molar refractivity (Wildman–Crippen MR) is 58.7 cm³/mol. The summed E-state index contributed by atoms with van der Waals surface area (Å²) in [4.78, 5) is 10.7. The number of carboxylic acids is 1. The molecule has 0 radical (unpaired) electrons. The third kappa shape index (κ3) is 1.87. The smallest absolute Gasteiger partial charge is 0.331 e. The molecule has 1 heterocycles. The van der Waals surface area contributed by atoms with E-state index in [1.807, 2.05) is 18.2 Å². The van der Waals surface area contributed by atoms with Crippen LogP contribution >= 0.6 is 11.7 Å². The fourth-order valence-electron chi connectivity index (χ4n) is 1.24. The van der Waals surface area contributed by atoms with E-state index in [1.54, 1.807) is 13.0 Å². The van der Waals surface area contributed by atoms with Gasteiger partial charge in [0, 0.05) is 11.1 Å². The molecule has 1 aromatic carbocycles. The maximum absolute atomic E-state index is 10.7. The first-order valence-corrected chi connectivity index (χ1v) is 5.04. The number of benzene rings is 1. The minimum atomic E-state index is -0.921. The average molecular weight is 220 g/mol. The minimum absolute atomic E-state index is 0.288. The molecule has 0 aliphatic carbocycles. The van der Waals surface area contributed by atoms with Crippen molar-refractivity contribution in [1.29, 1.82) is 0 Å². The number of fused-ring (bicyclic) bond motifs is 1. The van der Waals surface area contributed by atoms with Gasteiger partial charge >= 0.3 is 5.97 Å². The number of hydrogen-bond acceptors (Lipinski definition) is 4. The van der Waals surface area contributed by atoms with Gasteiger partial charge in [0.1, 0.15) is 11.0 Å². The van der Waals surface area contributed by atoms with Crippen LogP contribution < -0.4 is 0 Å². The Morgan fingerprint density at radius 3 is 3.00 bits per heavy atom. The lowest BCUT2D eigenvalue weighted by Crippen LogP contribution is -1.95. The van der Waals surface area contributed by atoms with Crippen molar-refractivity contribution in [2.24, 2.45) is 0 Å². The van der Waals surface area contributed by atoms with Crippen LogP contribution in [0.5, 0.6) is 0 Å². The number of hydrogen-bond donors (Lipinski definition) is 1. The Morgan fingerprint density at radius 1 is 1.47 bits per heavy atom. The molecular formula is C10H8N2O2S. The molecule has 1 N–H and O–H groups in total. The van der Waals surface area contributed by atoms with Crippen molar-refractivity contribution < 1.29 is 9.90 Å². The van der Waals surface area contributed by atoms with Gasteiger partial charge in [-0.2, -0.15) is 8.75 Å². The molecule has 0 bridgehead atoms. The quantitative estimate of drug-likeness (QED) is 0.788. The van der Waals surface area contributed by atoms with Crippen LogP contribution in [0.2, 0.25) is 0 Å². The summed E-state index contributed by atoms with van der Waals surface area (Å²) in [5.74, 6) is -0.921. The molecule has 5 heteroatoms. The summed E-state index contributed by atoms with van der Waals surface area (Å²) < 4.78 is 8.21. The number of nitrogens with zero attached hydrogens (tertiary/aromatic N) is 2. The van der Waals surface area contributed by atoms with Crippen LogP contribution in [0.1, 0.15) is 12.5 Å². The van der Waals surface area contributed by atoms with E-state index >= 15 is 0 Å². The van der Waals surface area contributed by atoms with Crippen molar-refractivity contribution in [3.05, 3.63) is 29.3 Å². The third-order valence-corrected chi connectivity index (χ3v) is 2.57. The summed E-state index contributed by atoms with van der Waals surface area (Å²) >= 11 is 1.13. The third-order valence-electron chi connectivity index (χ3n) is 2.03. The minimum Gasteiger partial charge on any atom is -0.478 e. The van der Waals surface area contributed by atoms with E-state index in [9.17, 15) is 4.79 Å². The molecule has 15 heavy (non-hydrogen) atoms. The Hall–Kier alpha value is -1.75. The fraction of sp³-hybridized carbons (Fsp3) is 0.100. The van der Waals surface area contributed by atoms with Crippen molar-refractivity contribution in [1.82, 2.24) is 8.75 Å². The van der Waals surface area contributed by atoms with Crippen LogP contribution in [-0.4, -0.2) is 19.8 Å². The van der Waals surface area contributed by atoms with Crippen LogP contribution in [0.4, 0.5) is 0 Å². The van der Waals surface area contributed by atoms with E-state index in [1.165, 1.54) is 0 Å². The molecule has 0 fully saturated rings. The maximum Gasteiger partial charge on any atom is 0.331 e. The summed E-state index contributed by atoms with van der Waals surface area (Å²) in [5.41, 5.74) is 2.63. The zero-order chi connectivity index (χ0) is 10.8. The molecule has 0 unspecified atom stereocenters. The monoisotopic (exact) mass is 220 g/mol. The van der Waals surface area contributed by atoms with Crippen LogP contribution in [-0.2, 0) is 4.79 Å². The molecule has 0 aliphatic heterocycles. The Balaban J connectivity index is 2.57. The SMILES string of the molecule is C/C(=C\c1cccc2nsnc12)C(=O)O. The van der Waals surface area contributed by atoms with Crippen LogP contribution in [0.25, 0.3) is 17.1 Å². The number of carboxylic acid groups (broad SMARTS) is 1. The van der Waals surface area contributed by atoms with Gasteiger partial charge in [-0.25, -0.2) is 4.79 Å². The fourth-order valence-corrected chi connectivity index (χ4v) is 1.80. The van der Waals surface area contributed by atoms with Crippen LogP contribution in [0.3, 0.4) is 0 Å². The van der Waals surface area contributed by atoms with Crippen molar-refractivity contribution in [2.75, 3.05) is 0 Å². The first-order valence-electron chi connectivity index (χ1n) is 4.31. The summed E-state index contributed by atoms with van der Waals surface area (Å²) in [5, 5.41) is 8.76. The summed E-state index contributed by atoms with van der Waals surface area (Å²) in [7, 11) is 0. The zero-order valence-corrected chi connectivity index (χ0v) is 8.78. The lowest BCUT2D eigenvalue weighted by atomic mass is 10.1. The molecule has 2 rings (SSSR count).